The summed E-state index contributed by atoms with van der Waals surface area (Å²) >= 11 is 0. The molecule has 0 spiro atoms. The zero-order chi connectivity index (χ0) is 9.73. The summed E-state index contributed by atoms with van der Waals surface area (Å²) < 4.78 is 16.5. The van der Waals surface area contributed by atoms with Gasteiger partial charge in [0.05, 0.1) is 0 Å². The third-order valence-electron chi connectivity index (χ3n) is 2.35. The van der Waals surface area contributed by atoms with Crippen molar-refractivity contribution >= 4 is 0 Å². The Bertz CT molecular complexity index is 141. The Morgan fingerprint density at radius 3 is 2.31 bits per heavy atom. The molecular formula is C10H20O3. The molecule has 0 radical (unpaired) electrons. The minimum absolute atomic E-state index is 0.168. The normalized spacial score (nSPS) is 26.5. The van der Waals surface area contributed by atoms with Gasteiger partial charge in [0.15, 0.2) is 12.1 Å². The van der Waals surface area contributed by atoms with Gasteiger partial charge in [0.2, 0.25) is 0 Å². The first-order chi connectivity index (χ1) is 6.26. The lowest BCUT2D eigenvalue weighted by Gasteiger charge is -2.26. The summed E-state index contributed by atoms with van der Waals surface area (Å²) in [7, 11) is 1.65. The molecule has 1 heterocycles. The maximum atomic E-state index is 5.73. The zero-order valence-corrected chi connectivity index (χ0v) is 8.84. The average molecular weight is 188 g/mol. The second-order valence-electron chi connectivity index (χ2n) is 3.50. The molecule has 1 saturated heterocycles. The molecule has 0 bridgehead atoms. The van der Waals surface area contributed by atoms with Crippen LogP contribution in [0.4, 0.5) is 0 Å². The molecule has 3 heteroatoms. The van der Waals surface area contributed by atoms with E-state index < -0.39 is 0 Å². The second kappa shape index (κ2) is 4.94. The summed E-state index contributed by atoms with van der Waals surface area (Å²) in [4.78, 5) is 0. The monoisotopic (exact) mass is 188 g/mol. The summed E-state index contributed by atoms with van der Waals surface area (Å²) in [6, 6.07) is 0. The van der Waals surface area contributed by atoms with Crippen LogP contribution in [0.15, 0.2) is 0 Å². The molecule has 0 N–H and O–H groups in total. The van der Waals surface area contributed by atoms with Crippen molar-refractivity contribution in [1.29, 1.82) is 0 Å². The highest BCUT2D eigenvalue weighted by Crippen LogP contribution is 2.32. The minimum atomic E-state index is -0.357. The second-order valence-corrected chi connectivity index (χ2v) is 3.50. The minimum Gasteiger partial charge on any atom is -0.353 e. The molecule has 1 fully saturated rings. The highest BCUT2D eigenvalue weighted by molar-refractivity contribution is 4.75. The van der Waals surface area contributed by atoms with Crippen LogP contribution in [-0.2, 0) is 14.2 Å². The van der Waals surface area contributed by atoms with Crippen LogP contribution >= 0.6 is 0 Å². The molecular weight excluding hydrogens is 168 g/mol. The molecule has 0 aromatic carbocycles. The van der Waals surface area contributed by atoms with E-state index in [-0.39, 0.29) is 12.1 Å². The van der Waals surface area contributed by atoms with Gasteiger partial charge in [-0.2, -0.15) is 0 Å². The predicted molar refractivity (Wildman–Crippen MR) is 50.4 cm³/mol. The van der Waals surface area contributed by atoms with E-state index in [1.165, 1.54) is 0 Å². The maximum absolute atomic E-state index is 5.73. The van der Waals surface area contributed by atoms with Gasteiger partial charge in [0, 0.05) is 20.0 Å². The van der Waals surface area contributed by atoms with Crippen LogP contribution < -0.4 is 0 Å². The van der Waals surface area contributed by atoms with Gasteiger partial charge >= 0.3 is 0 Å². The van der Waals surface area contributed by atoms with Gasteiger partial charge in [0.25, 0.3) is 0 Å². The van der Waals surface area contributed by atoms with Crippen molar-refractivity contribution in [3.8, 4) is 0 Å². The Kier molecular flexibility index (Phi) is 4.16. The highest BCUT2D eigenvalue weighted by Gasteiger charge is 2.39. The molecule has 1 atom stereocenters. The van der Waals surface area contributed by atoms with Gasteiger partial charge < -0.3 is 14.2 Å². The molecule has 13 heavy (non-hydrogen) atoms. The fraction of sp³-hybridized carbons (Fsp3) is 1.00. The lowest BCUT2D eigenvalue weighted by molar-refractivity contribution is -0.212. The van der Waals surface area contributed by atoms with Crippen LogP contribution in [0.1, 0.15) is 39.5 Å². The Balaban J connectivity index is 2.49. The van der Waals surface area contributed by atoms with Crippen molar-refractivity contribution in [3.63, 3.8) is 0 Å². The molecule has 1 rings (SSSR count). The van der Waals surface area contributed by atoms with Crippen LogP contribution in [0, 0.1) is 0 Å². The van der Waals surface area contributed by atoms with Crippen molar-refractivity contribution in [2.75, 3.05) is 13.7 Å². The van der Waals surface area contributed by atoms with Gasteiger partial charge in [0.1, 0.15) is 6.61 Å². The van der Waals surface area contributed by atoms with Gasteiger partial charge in [-0.3, -0.25) is 0 Å². The summed E-state index contributed by atoms with van der Waals surface area (Å²) in [5.41, 5.74) is 0. The molecule has 1 aliphatic rings. The molecule has 1 unspecified atom stereocenters. The summed E-state index contributed by atoms with van der Waals surface area (Å²) in [6.07, 6.45) is 3.91. The van der Waals surface area contributed by atoms with E-state index in [9.17, 15) is 0 Å². The topological polar surface area (TPSA) is 27.7 Å². The van der Waals surface area contributed by atoms with Crippen LogP contribution in [0.2, 0.25) is 0 Å². The van der Waals surface area contributed by atoms with E-state index in [2.05, 4.69) is 13.8 Å². The molecule has 3 nitrogen and oxygen atoms in total. The Hall–Kier alpha value is -0.120. The van der Waals surface area contributed by atoms with Crippen molar-refractivity contribution in [2.24, 2.45) is 0 Å². The first kappa shape index (κ1) is 11.0. The van der Waals surface area contributed by atoms with Crippen molar-refractivity contribution < 1.29 is 14.2 Å². The smallest absolute Gasteiger partial charge is 0.183 e. The van der Waals surface area contributed by atoms with E-state index in [0.29, 0.717) is 6.61 Å². The van der Waals surface area contributed by atoms with E-state index >= 15 is 0 Å². The molecule has 0 amide bonds. The number of hydrogen-bond acceptors (Lipinski definition) is 3. The SMILES string of the molecule is CCCC1(CCC)OCC(OC)O1. The molecule has 78 valence electrons. The van der Waals surface area contributed by atoms with Crippen molar-refractivity contribution in [3.05, 3.63) is 0 Å². The first-order valence-electron chi connectivity index (χ1n) is 5.11. The van der Waals surface area contributed by atoms with Crippen LogP contribution in [0.3, 0.4) is 0 Å². The molecule has 0 saturated carbocycles. The number of rotatable bonds is 5. The lowest BCUT2D eigenvalue weighted by Crippen LogP contribution is -2.30. The van der Waals surface area contributed by atoms with Crippen LogP contribution in [0.25, 0.3) is 0 Å². The van der Waals surface area contributed by atoms with Crippen LogP contribution in [0.5, 0.6) is 0 Å². The molecule has 1 aliphatic heterocycles. The fourth-order valence-electron chi connectivity index (χ4n) is 1.79. The van der Waals surface area contributed by atoms with Gasteiger partial charge in [-0.15, -0.1) is 0 Å². The van der Waals surface area contributed by atoms with E-state index in [0.717, 1.165) is 25.7 Å². The lowest BCUT2D eigenvalue weighted by atomic mass is 10.1. The number of ether oxygens (including phenoxy) is 3. The summed E-state index contributed by atoms with van der Waals surface area (Å²) in [5, 5.41) is 0. The quantitative estimate of drug-likeness (QED) is 0.662. The number of hydrogen-bond donors (Lipinski definition) is 0. The largest absolute Gasteiger partial charge is 0.353 e. The Labute approximate surface area is 80.4 Å². The van der Waals surface area contributed by atoms with E-state index in [1.807, 2.05) is 0 Å². The average Bonchev–Trinajstić information content (AvgIpc) is 2.50. The zero-order valence-electron chi connectivity index (χ0n) is 8.84. The third-order valence-corrected chi connectivity index (χ3v) is 2.35. The molecule has 0 aromatic rings. The summed E-state index contributed by atoms with van der Waals surface area (Å²) in [6.45, 7) is 4.85. The van der Waals surface area contributed by atoms with Crippen LogP contribution in [-0.4, -0.2) is 25.8 Å². The van der Waals surface area contributed by atoms with Gasteiger partial charge in [-0.1, -0.05) is 26.7 Å². The van der Waals surface area contributed by atoms with Gasteiger partial charge in [-0.25, -0.2) is 0 Å². The molecule has 0 aromatic heterocycles. The van der Waals surface area contributed by atoms with E-state index in [1.54, 1.807) is 7.11 Å². The van der Waals surface area contributed by atoms with Crippen molar-refractivity contribution in [1.82, 2.24) is 0 Å². The molecule has 0 aliphatic carbocycles. The van der Waals surface area contributed by atoms with E-state index in [4.69, 9.17) is 14.2 Å². The highest BCUT2D eigenvalue weighted by atomic mass is 16.8. The third kappa shape index (κ3) is 2.66. The van der Waals surface area contributed by atoms with Gasteiger partial charge in [-0.05, 0) is 0 Å². The predicted octanol–water partition coefficient (Wildman–Crippen LogP) is 2.30. The number of methoxy groups -OCH3 is 1. The fourth-order valence-corrected chi connectivity index (χ4v) is 1.79. The maximum Gasteiger partial charge on any atom is 0.183 e. The van der Waals surface area contributed by atoms with Crippen molar-refractivity contribution in [2.45, 2.75) is 51.6 Å². The standard InChI is InChI=1S/C10H20O3/c1-4-6-10(7-5-2)12-8-9(11-3)13-10/h9H,4-8H2,1-3H3. The first-order valence-corrected chi connectivity index (χ1v) is 5.11. The Morgan fingerprint density at radius 1 is 1.31 bits per heavy atom. The summed E-state index contributed by atoms with van der Waals surface area (Å²) in [5.74, 6) is -0.357. The Morgan fingerprint density at radius 2 is 1.92 bits per heavy atom.